The number of hydrogen-bond donors (Lipinski definition) is 5. The molecule has 0 aliphatic carbocycles. The molecule has 0 aromatic heterocycles. The minimum atomic E-state index is -1.47. The number of carbonyl (C=O) groups is 6. The lowest BCUT2D eigenvalue weighted by Gasteiger charge is -2.30. The van der Waals surface area contributed by atoms with Gasteiger partial charge in [-0.3, -0.25) is 19.2 Å². The zero-order valence-electron chi connectivity index (χ0n) is 21.3. The van der Waals surface area contributed by atoms with E-state index in [-0.39, 0.29) is 12.8 Å². The highest BCUT2D eigenvalue weighted by Gasteiger charge is 2.37. The summed E-state index contributed by atoms with van der Waals surface area (Å²) in [6.45, 7) is -0.562. The van der Waals surface area contributed by atoms with Gasteiger partial charge in [-0.2, -0.15) is 0 Å². The number of nitrogens with one attached hydrogen (secondary N) is 4. The second-order valence-corrected chi connectivity index (χ2v) is 9.43. The number of carboxylic acid groups (broad SMARTS) is 1. The molecular formula is C28H28N4O8. The van der Waals surface area contributed by atoms with Crippen LogP contribution in [0.25, 0.3) is 0 Å². The van der Waals surface area contributed by atoms with Crippen molar-refractivity contribution in [2.45, 2.75) is 43.4 Å². The second kappa shape index (κ2) is 12.7. The Bertz CT molecular complexity index is 1330. The van der Waals surface area contributed by atoms with Crippen molar-refractivity contribution in [2.24, 2.45) is 0 Å². The molecule has 2 saturated heterocycles. The molecule has 0 saturated carbocycles. The average molecular weight is 549 g/mol. The Hall–Kier alpha value is -5.00. The summed E-state index contributed by atoms with van der Waals surface area (Å²) in [5.74, 6) is -4.68. The van der Waals surface area contributed by atoms with Crippen molar-refractivity contribution >= 4 is 35.6 Å². The highest BCUT2D eigenvalue weighted by atomic mass is 16.5. The van der Waals surface area contributed by atoms with Crippen molar-refractivity contribution < 1.29 is 38.6 Å². The zero-order valence-corrected chi connectivity index (χ0v) is 21.3. The maximum Gasteiger partial charge on any atom is 0.334 e. The van der Waals surface area contributed by atoms with Gasteiger partial charge in [-0.05, 0) is 11.1 Å². The number of carbonyl (C=O) groups excluding carboxylic acids is 5. The largest absolute Gasteiger partial charge is 0.478 e. The highest BCUT2D eigenvalue weighted by Crippen LogP contribution is 2.15. The first-order valence-electron chi connectivity index (χ1n) is 12.6. The van der Waals surface area contributed by atoms with E-state index in [0.717, 1.165) is 11.1 Å². The number of ether oxygens (including phenoxy) is 1. The van der Waals surface area contributed by atoms with Crippen LogP contribution in [0.5, 0.6) is 0 Å². The van der Waals surface area contributed by atoms with Crippen LogP contribution in [0.1, 0.15) is 17.5 Å². The predicted molar refractivity (Wildman–Crippen MR) is 139 cm³/mol. The van der Waals surface area contributed by atoms with Crippen LogP contribution in [0, 0.1) is 0 Å². The van der Waals surface area contributed by atoms with Crippen molar-refractivity contribution in [3.8, 4) is 0 Å². The minimum Gasteiger partial charge on any atom is -0.478 e. The normalized spacial score (nSPS) is 22.9. The molecule has 2 fully saturated rings. The lowest BCUT2D eigenvalue weighted by Crippen LogP contribution is -2.63. The number of rotatable bonds is 10. The molecule has 2 aliphatic rings. The monoisotopic (exact) mass is 548 g/mol. The molecule has 2 aromatic carbocycles. The van der Waals surface area contributed by atoms with Crippen LogP contribution >= 0.6 is 0 Å². The van der Waals surface area contributed by atoms with Gasteiger partial charge in [-0.25, -0.2) is 9.59 Å². The number of piperazine rings is 2. The Morgan fingerprint density at radius 2 is 1.10 bits per heavy atom. The maximum absolute atomic E-state index is 12.7. The molecule has 0 bridgehead atoms. The van der Waals surface area contributed by atoms with E-state index in [1.165, 1.54) is 0 Å². The molecule has 2 heterocycles. The first-order valence-corrected chi connectivity index (χ1v) is 12.6. The Morgan fingerprint density at radius 1 is 0.675 bits per heavy atom. The smallest absolute Gasteiger partial charge is 0.334 e. The summed E-state index contributed by atoms with van der Waals surface area (Å²) in [4.78, 5) is 74.4. The van der Waals surface area contributed by atoms with Crippen LogP contribution < -0.4 is 21.3 Å². The number of carboxylic acids is 1. The van der Waals surface area contributed by atoms with E-state index >= 15 is 0 Å². The molecule has 12 heteroatoms. The molecule has 4 atom stereocenters. The Morgan fingerprint density at radius 3 is 1.60 bits per heavy atom. The molecule has 4 amide bonds. The van der Waals surface area contributed by atoms with E-state index in [1.54, 1.807) is 12.1 Å². The predicted octanol–water partition coefficient (Wildman–Crippen LogP) is -0.617. The fourth-order valence-corrected chi connectivity index (χ4v) is 4.42. The first kappa shape index (κ1) is 28.0. The maximum atomic E-state index is 12.7. The molecular weight excluding hydrogens is 520 g/mol. The van der Waals surface area contributed by atoms with Crippen molar-refractivity contribution in [1.82, 2.24) is 21.3 Å². The van der Waals surface area contributed by atoms with Crippen LogP contribution in [-0.2, 0) is 46.3 Å². The van der Waals surface area contributed by atoms with Crippen molar-refractivity contribution in [3.63, 3.8) is 0 Å². The van der Waals surface area contributed by atoms with Gasteiger partial charge in [0.1, 0.15) is 30.8 Å². The van der Waals surface area contributed by atoms with E-state index in [4.69, 9.17) is 4.74 Å². The minimum absolute atomic E-state index is 0.256. The lowest BCUT2D eigenvalue weighted by molar-refractivity contribution is -0.146. The van der Waals surface area contributed by atoms with Crippen LogP contribution in [-0.4, -0.2) is 71.4 Å². The van der Waals surface area contributed by atoms with Crippen molar-refractivity contribution in [1.29, 1.82) is 0 Å². The first-order chi connectivity index (χ1) is 19.2. The molecule has 5 N–H and O–H groups in total. The van der Waals surface area contributed by atoms with Crippen molar-refractivity contribution in [2.75, 3.05) is 6.61 Å². The third kappa shape index (κ3) is 7.31. The van der Waals surface area contributed by atoms with Gasteiger partial charge >= 0.3 is 11.9 Å². The molecule has 0 spiro atoms. The summed E-state index contributed by atoms with van der Waals surface area (Å²) in [6, 6.07) is 14.1. The topological polar surface area (TPSA) is 180 Å². The number of hydrogen-bond acceptors (Lipinski definition) is 7. The summed E-state index contributed by atoms with van der Waals surface area (Å²) in [7, 11) is 0. The van der Waals surface area contributed by atoms with Crippen LogP contribution in [0.15, 0.2) is 72.3 Å². The van der Waals surface area contributed by atoms with E-state index in [0.29, 0.717) is 6.08 Å². The van der Waals surface area contributed by atoms with Gasteiger partial charge in [-0.15, -0.1) is 0 Å². The van der Waals surface area contributed by atoms with E-state index in [1.807, 2.05) is 48.5 Å². The van der Waals surface area contributed by atoms with E-state index in [2.05, 4.69) is 21.3 Å². The van der Waals surface area contributed by atoms with Crippen LogP contribution in [0.2, 0.25) is 0 Å². The molecule has 0 radical (unpaired) electrons. The number of aliphatic carboxylic acids is 1. The molecule has 12 nitrogen and oxygen atoms in total. The third-order valence-electron chi connectivity index (χ3n) is 6.46. The molecule has 2 aliphatic heterocycles. The number of benzene rings is 2. The van der Waals surface area contributed by atoms with Gasteiger partial charge in [0.2, 0.25) is 23.6 Å². The highest BCUT2D eigenvalue weighted by molar-refractivity contribution is 6.01. The molecule has 208 valence electrons. The van der Waals surface area contributed by atoms with Crippen molar-refractivity contribution in [3.05, 3.63) is 83.4 Å². The van der Waals surface area contributed by atoms with Gasteiger partial charge in [0.15, 0.2) is 0 Å². The number of esters is 1. The standard InChI is InChI=1S/C28H28N4O8/c33-23(34)14-18(13-21-26(37)29-19(24(35)31-21)11-16-7-3-1-4-8-16)28(39)40-15-22-27(38)30-20(25(36)32-22)12-17-9-5-2-6-10-17/h1-10,14,19-22H,11-13,15H2,(H,29,37)(H,30,38)(H,31,35)(H,32,36)(H,33,34)/t19-,20-,21-,22-/m0/s1. The summed E-state index contributed by atoms with van der Waals surface area (Å²) in [5, 5.41) is 19.5. The summed E-state index contributed by atoms with van der Waals surface area (Å²) in [6.07, 6.45) is 0.653. The molecule has 0 unspecified atom stereocenters. The third-order valence-corrected chi connectivity index (χ3v) is 6.46. The summed E-state index contributed by atoms with van der Waals surface area (Å²) in [5.41, 5.74) is 1.28. The Labute approximate surface area is 229 Å². The number of amides is 4. The summed E-state index contributed by atoms with van der Waals surface area (Å²) >= 11 is 0. The van der Waals surface area contributed by atoms with Crippen LogP contribution in [0.3, 0.4) is 0 Å². The second-order valence-electron chi connectivity index (χ2n) is 9.43. The SMILES string of the molecule is O=C(O)C=C(C[C@@H]1NC(=O)[C@H](Cc2ccccc2)NC1=O)C(=O)OC[C@@H]1NC(=O)[C@H](Cc2ccccc2)NC1=O. The van der Waals surface area contributed by atoms with Gasteiger partial charge in [0.25, 0.3) is 0 Å². The molecule has 4 rings (SSSR count). The molecule has 2 aromatic rings. The van der Waals surface area contributed by atoms with Crippen LogP contribution in [0.4, 0.5) is 0 Å². The fourth-order valence-electron chi connectivity index (χ4n) is 4.42. The Kier molecular flexibility index (Phi) is 8.89. The molecule has 40 heavy (non-hydrogen) atoms. The van der Waals surface area contributed by atoms with E-state index < -0.39 is 78.3 Å². The van der Waals surface area contributed by atoms with Gasteiger partial charge < -0.3 is 31.1 Å². The van der Waals surface area contributed by atoms with E-state index in [9.17, 15) is 33.9 Å². The fraction of sp³-hybridized carbons (Fsp3) is 0.286. The average Bonchev–Trinajstić information content (AvgIpc) is 2.93. The quantitative estimate of drug-likeness (QED) is 0.192. The van der Waals surface area contributed by atoms with Gasteiger partial charge in [0, 0.05) is 30.9 Å². The lowest BCUT2D eigenvalue weighted by atomic mass is 9.98. The Balaban J connectivity index is 1.32. The summed E-state index contributed by atoms with van der Waals surface area (Å²) < 4.78 is 5.13. The van der Waals surface area contributed by atoms with Gasteiger partial charge in [0.05, 0.1) is 0 Å². The van der Waals surface area contributed by atoms with Gasteiger partial charge in [-0.1, -0.05) is 60.7 Å². The zero-order chi connectivity index (χ0) is 28.6.